The Hall–Kier alpha value is -3.31. The standard InChI is InChI=1S/C23H20Cl2N4O5S/c24-19-9-10-21(25)22(14-19)35(33,34)28(12-11-17-5-2-1-3-6-17)16-23(30)27-26-15-18-7-4-8-20(13-18)29(31)32/h1-10,13-15H,11-12,16H2,(H,27,30)/b26-15-. The van der Waals surface area contributed by atoms with Gasteiger partial charge < -0.3 is 0 Å². The monoisotopic (exact) mass is 534 g/mol. The van der Waals surface area contributed by atoms with Crippen LogP contribution in [0.1, 0.15) is 11.1 Å². The third-order valence-corrected chi connectivity index (χ3v) is 7.37. The van der Waals surface area contributed by atoms with Gasteiger partial charge in [0.1, 0.15) is 4.90 Å². The predicted octanol–water partition coefficient (Wildman–Crippen LogP) is 4.29. The molecule has 0 fully saturated rings. The van der Waals surface area contributed by atoms with E-state index in [1.807, 2.05) is 30.3 Å². The SMILES string of the molecule is O=C(CN(CCc1ccccc1)S(=O)(=O)c1cc(Cl)ccc1Cl)N/N=C\c1cccc([N+](=O)[O-])c1. The molecule has 12 heteroatoms. The molecule has 0 heterocycles. The van der Waals surface area contributed by atoms with Crippen molar-refractivity contribution in [2.75, 3.05) is 13.1 Å². The summed E-state index contributed by atoms with van der Waals surface area (Å²) in [4.78, 5) is 22.7. The topological polar surface area (TPSA) is 122 Å². The maximum absolute atomic E-state index is 13.4. The lowest BCUT2D eigenvalue weighted by Crippen LogP contribution is -2.40. The summed E-state index contributed by atoms with van der Waals surface area (Å²) in [5.74, 6) is -0.707. The maximum atomic E-state index is 13.4. The van der Waals surface area contributed by atoms with Crippen LogP contribution in [0.15, 0.2) is 82.8 Å². The van der Waals surface area contributed by atoms with Gasteiger partial charge in [-0.2, -0.15) is 9.41 Å². The van der Waals surface area contributed by atoms with Gasteiger partial charge in [-0.1, -0.05) is 65.7 Å². The van der Waals surface area contributed by atoms with Gasteiger partial charge in [-0.25, -0.2) is 13.8 Å². The van der Waals surface area contributed by atoms with E-state index >= 15 is 0 Å². The summed E-state index contributed by atoms with van der Waals surface area (Å²) in [5, 5.41) is 14.8. The number of nitrogens with zero attached hydrogens (tertiary/aromatic N) is 3. The third-order valence-electron chi connectivity index (χ3n) is 4.81. The molecule has 3 aromatic carbocycles. The zero-order valence-corrected chi connectivity index (χ0v) is 20.5. The van der Waals surface area contributed by atoms with Crippen LogP contribution in [0.2, 0.25) is 10.0 Å². The molecule has 0 saturated heterocycles. The van der Waals surface area contributed by atoms with Crippen LogP contribution in [0.25, 0.3) is 0 Å². The molecular formula is C23H20Cl2N4O5S. The Morgan fingerprint density at radius 2 is 1.80 bits per heavy atom. The van der Waals surface area contributed by atoms with Crippen molar-refractivity contribution < 1.29 is 18.1 Å². The molecule has 0 aliphatic heterocycles. The minimum Gasteiger partial charge on any atom is -0.272 e. The highest BCUT2D eigenvalue weighted by Gasteiger charge is 2.29. The Bertz CT molecular complexity index is 1350. The smallest absolute Gasteiger partial charge is 0.270 e. The maximum Gasteiger partial charge on any atom is 0.270 e. The van der Waals surface area contributed by atoms with E-state index in [2.05, 4.69) is 10.5 Å². The van der Waals surface area contributed by atoms with Crippen molar-refractivity contribution in [1.82, 2.24) is 9.73 Å². The summed E-state index contributed by atoms with van der Waals surface area (Å²) in [6, 6.07) is 18.9. The highest BCUT2D eigenvalue weighted by molar-refractivity contribution is 7.89. The summed E-state index contributed by atoms with van der Waals surface area (Å²) >= 11 is 12.1. The molecule has 0 atom stereocenters. The number of rotatable bonds is 10. The molecule has 9 nitrogen and oxygen atoms in total. The second kappa shape index (κ2) is 11.9. The first kappa shape index (κ1) is 26.3. The van der Waals surface area contributed by atoms with Crippen LogP contribution in [0, 0.1) is 10.1 Å². The number of nitrogens with one attached hydrogen (secondary N) is 1. The lowest BCUT2D eigenvalue weighted by atomic mass is 10.1. The second-order valence-electron chi connectivity index (χ2n) is 7.29. The van der Waals surface area contributed by atoms with E-state index in [4.69, 9.17) is 23.2 Å². The van der Waals surface area contributed by atoms with Crippen LogP contribution < -0.4 is 5.43 Å². The van der Waals surface area contributed by atoms with E-state index in [1.165, 1.54) is 42.6 Å². The fraction of sp³-hybridized carbons (Fsp3) is 0.130. The number of carbonyl (C=O) groups is 1. The van der Waals surface area contributed by atoms with Crippen molar-refractivity contribution in [1.29, 1.82) is 0 Å². The number of non-ortho nitro benzene ring substituents is 1. The number of benzene rings is 3. The number of carbonyl (C=O) groups excluding carboxylic acids is 1. The number of hydrazone groups is 1. The highest BCUT2D eigenvalue weighted by atomic mass is 35.5. The van der Waals surface area contributed by atoms with Gasteiger partial charge in [0.05, 0.1) is 22.7 Å². The van der Waals surface area contributed by atoms with Crippen molar-refractivity contribution in [2.24, 2.45) is 5.10 Å². The van der Waals surface area contributed by atoms with E-state index < -0.39 is 27.4 Å². The van der Waals surface area contributed by atoms with Crippen molar-refractivity contribution in [2.45, 2.75) is 11.3 Å². The Kier molecular flexibility index (Phi) is 8.94. The fourth-order valence-electron chi connectivity index (χ4n) is 3.09. The first-order valence-electron chi connectivity index (χ1n) is 10.2. The molecule has 35 heavy (non-hydrogen) atoms. The van der Waals surface area contributed by atoms with Gasteiger partial charge in [0, 0.05) is 29.3 Å². The van der Waals surface area contributed by atoms with Gasteiger partial charge >= 0.3 is 0 Å². The Morgan fingerprint density at radius 1 is 1.06 bits per heavy atom. The summed E-state index contributed by atoms with van der Waals surface area (Å²) in [6.07, 6.45) is 1.57. The molecule has 0 aliphatic carbocycles. The molecule has 3 aromatic rings. The molecule has 0 aliphatic rings. The number of amides is 1. The number of halogens is 2. The predicted molar refractivity (Wildman–Crippen MR) is 134 cm³/mol. The van der Waals surface area contributed by atoms with Gasteiger partial charge in [0.15, 0.2) is 0 Å². The van der Waals surface area contributed by atoms with Crippen LogP contribution in [0.4, 0.5) is 5.69 Å². The third kappa shape index (κ3) is 7.33. The highest BCUT2D eigenvalue weighted by Crippen LogP contribution is 2.28. The van der Waals surface area contributed by atoms with Gasteiger partial charge in [0.25, 0.3) is 11.6 Å². The molecule has 0 bridgehead atoms. The average Bonchev–Trinajstić information content (AvgIpc) is 2.84. The van der Waals surface area contributed by atoms with Gasteiger partial charge in [-0.3, -0.25) is 14.9 Å². The molecule has 0 saturated carbocycles. The lowest BCUT2D eigenvalue weighted by molar-refractivity contribution is -0.384. The quantitative estimate of drug-likeness (QED) is 0.236. The van der Waals surface area contributed by atoms with Gasteiger partial charge in [0.2, 0.25) is 10.0 Å². The van der Waals surface area contributed by atoms with Crippen LogP contribution in [0.3, 0.4) is 0 Å². The van der Waals surface area contributed by atoms with Crippen molar-refractivity contribution >= 4 is 51.0 Å². The lowest BCUT2D eigenvalue weighted by Gasteiger charge is -2.22. The first-order chi connectivity index (χ1) is 16.7. The van der Waals surface area contributed by atoms with E-state index in [0.29, 0.717) is 12.0 Å². The molecule has 0 aromatic heterocycles. The zero-order valence-electron chi connectivity index (χ0n) is 18.2. The van der Waals surface area contributed by atoms with E-state index in [-0.39, 0.29) is 27.2 Å². The molecule has 0 spiro atoms. The van der Waals surface area contributed by atoms with E-state index in [9.17, 15) is 23.3 Å². The fourth-order valence-corrected chi connectivity index (χ4v) is 5.22. The average molecular weight is 535 g/mol. The van der Waals surface area contributed by atoms with Crippen molar-refractivity contribution in [3.8, 4) is 0 Å². The van der Waals surface area contributed by atoms with Gasteiger partial charge in [-0.05, 0) is 30.2 Å². The largest absolute Gasteiger partial charge is 0.272 e. The van der Waals surface area contributed by atoms with Crippen LogP contribution >= 0.6 is 23.2 Å². The summed E-state index contributed by atoms with van der Waals surface area (Å²) in [5.41, 5.74) is 3.40. The molecular weight excluding hydrogens is 515 g/mol. The minimum atomic E-state index is -4.18. The summed E-state index contributed by atoms with van der Waals surface area (Å²) in [6.45, 7) is -0.540. The zero-order chi connectivity index (χ0) is 25.4. The van der Waals surface area contributed by atoms with E-state index in [1.54, 1.807) is 6.07 Å². The molecule has 1 amide bonds. The Balaban J connectivity index is 1.78. The molecule has 0 unspecified atom stereocenters. The number of nitro groups is 1. The molecule has 182 valence electrons. The second-order valence-corrected chi connectivity index (χ2v) is 10.0. The Morgan fingerprint density at radius 3 is 2.51 bits per heavy atom. The van der Waals surface area contributed by atoms with Crippen LogP contribution in [-0.2, 0) is 21.2 Å². The number of hydrogen-bond acceptors (Lipinski definition) is 6. The van der Waals surface area contributed by atoms with Crippen LogP contribution in [0.5, 0.6) is 0 Å². The first-order valence-corrected chi connectivity index (χ1v) is 12.4. The normalized spacial score (nSPS) is 11.6. The molecule has 0 radical (unpaired) electrons. The molecule has 1 N–H and O–H groups in total. The number of nitro benzene ring substituents is 1. The number of sulfonamides is 1. The minimum absolute atomic E-state index is 0.00277. The van der Waals surface area contributed by atoms with E-state index in [0.717, 1.165) is 9.87 Å². The number of hydrogen-bond donors (Lipinski definition) is 1. The van der Waals surface area contributed by atoms with Crippen molar-refractivity contribution in [3.63, 3.8) is 0 Å². The van der Waals surface area contributed by atoms with Crippen molar-refractivity contribution in [3.05, 3.63) is 104 Å². The molecule has 3 rings (SSSR count). The van der Waals surface area contributed by atoms with Crippen LogP contribution in [-0.4, -0.2) is 42.9 Å². The summed E-state index contributed by atoms with van der Waals surface area (Å²) < 4.78 is 27.7. The summed E-state index contributed by atoms with van der Waals surface area (Å²) in [7, 11) is -4.18. The van der Waals surface area contributed by atoms with Gasteiger partial charge in [-0.15, -0.1) is 0 Å². The Labute approximate surface area is 212 Å².